The second-order valence-corrected chi connectivity index (χ2v) is 5.26. The molecule has 16 heavy (non-hydrogen) atoms. The van der Waals surface area contributed by atoms with Gasteiger partial charge in [0.2, 0.25) is 0 Å². The lowest BCUT2D eigenvalue weighted by atomic mass is 10.3. The lowest BCUT2D eigenvalue weighted by Crippen LogP contribution is -2.26. The molecule has 1 aromatic carbocycles. The molecule has 0 bridgehead atoms. The molecule has 1 aliphatic rings. The highest BCUT2D eigenvalue weighted by atomic mass is 127. The fourth-order valence-corrected chi connectivity index (χ4v) is 2.66. The first-order valence-electron chi connectivity index (χ1n) is 5.67. The number of nitrogens with zero attached hydrogens (tertiary/aromatic N) is 1. The molecule has 1 saturated heterocycles. The predicted octanol–water partition coefficient (Wildman–Crippen LogP) is 2.94. The molecular formula is C12H16FIN2. The summed E-state index contributed by atoms with van der Waals surface area (Å²) in [5.74, 6) is -0.172. The van der Waals surface area contributed by atoms with E-state index in [0.717, 1.165) is 22.3 Å². The zero-order valence-corrected chi connectivity index (χ0v) is 11.3. The SMILES string of the molecule is Fc1ccc(NCCN2CCCC2)c(I)c1. The van der Waals surface area contributed by atoms with Crippen LogP contribution >= 0.6 is 22.6 Å². The molecule has 0 radical (unpaired) electrons. The van der Waals surface area contributed by atoms with Crippen LogP contribution in [0.1, 0.15) is 12.8 Å². The number of benzene rings is 1. The molecule has 1 heterocycles. The third-order valence-electron chi connectivity index (χ3n) is 2.87. The van der Waals surface area contributed by atoms with Crippen molar-refractivity contribution in [2.75, 3.05) is 31.5 Å². The van der Waals surface area contributed by atoms with Gasteiger partial charge in [0.1, 0.15) is 5.82 Å². The van der Waals surface area contributed by atoms with Gasteiger partial charge in [0, 0.05) is 22.3 Å². The lowest BCUT2D eigenvalue weighted by molar-refractivity contribution is 0.352. The molecule has 1 fully saturated rings. The maximum atomic E-state index is 12.9. The van der Waals surface area contributed by atoms with Crippen LogP contribution in [0.15, 0.2) is 18.2 Å². The Kier molecular flexibility index (Phi) is 4.40. The fraction of sp³-hybridized carbons (Fsp3) is 0.500. The van der Waals surface area contributed by atoms with E-state index in [1.54, 1.807) is 12.1 Å². The number of hydrogen-bond acceptors (Lipinski definition) is 2. The summed E-state index contributed by atoms with van der Waals surface area (Å²) < 4.78 is 13.8. The number of anilines is 1. The van der Waals surface area contributed by atoms with E-state index in [4.69, 9.17) is 0 Å². The normalized spacial score (nSPS) is 16.6. The van der Waals surface area contributed by atoms with Gasteiger partial charge >= 0.3 is 0 Å². The molecule has 1 N–H and O–H groups in total. The van der Waals surface area contributed by atoms with Gasteiger partial charge in [-0.15, -0.1) is 0 Å². The first kappa shape index (κ1) is 12.1. The van der Waals surface area contributed by atoms with Crippen LogP contribution in [0.4, 0.5) is 10.1 Å². The molecule has 0 aliphatic carbocycles. The van der Waals surface area contributed by atoms with E-state index in [2.05, 4.69) is 32.8 Å². The zero-order valence-electron chi connectivity index (χ0n) is 9.18. The highest BCUT2D eigenvalue weighted by Gasteiger charge is 2.10. The van der Waals surface area contributed by atoms with Crippen LogP contribution in [0.25, 0.3) is 0 Å². The second kappa shape index (κ2) is 5.82. The molecule has 88 valence electrons. The minimum Gasteiger partial charge on any atom is -0.383 e. The van der Waals surface area contributed by atoms with Crippen molar-refractivity contribution in [1.82, 2.24) is 4.90 Å². The highest BCUT2D eigenvalue weighted by molar-refractivity contribution is 14.1. The molecule has 0 aromatic heterocycles. The van der Waals surface area contributed by atoms with Crippen molar-refractivity contribution in [2.45, 2.75) is 12.8 Å². The van der Waals surface area contributed by atoms with E-state index in [0.29, 0.717) is 0 Å². The zero-order chi connectivity index (χ0) is 11.4. The smallest absolute Gasteiger partial charge is 0.124 e. The maximum absolute atomic E-state index is 12.9. The van der Waals surface area contributed by atoms with Crippen LogP contribution in [0, 0.1) is 9.39 Å². The van der Waals surface area contributed by atoms with Crippen LogP contribution in [0.3, 0.4) is 0 Å². The number of halogens is 2. The summed E-state index contributed by atoms with van der Waals surface area (Å²) >= 11 is 2.16. The van der Waals surface area contributed by atoms with Gasteiger partial charge in [0.05, 0.1) is 0 Å². The highest BCUT2D eigenvalue weighted by Crippen LogP contribution is 2.18. The Balaban J connectivity index is 1.80. The summed E-state index contributed by atoms with van der Waals surface area (Å²) in [6.45, 7) is 4.46. The summed E-state index contributed by atoms with van der Waals surface area (Å²) in [7, 11) is 0. The van der Waals surface area contributed by atoms with E-state index < -0.39 is 0 Å². The Morgan fingerprint density at radius 2 is 2.06 bits per heavy atom. The average Bonchev–Trinajstić information content (AvgIpc) is 2.74. The second-order valence-electron chi connectivity index (χ2n) is 4.10. The Bertz CT molecular complexity index is 351. The molecular weight excluding hydrogens is 318 g/mol. The summed E-state index contributed by atoms with van der Waals surface area (Å²) in [5.41, 5.74) is 1.03. The molecule has 0 amide bonds. The van der Waals surface area contributed by atoms with Crippen LogP contribution in [-0.2, 0) is 0 Å². The number of likely N-dealkylation sites (tertiary alicyclic amines) is 1. The summed E-state index contributed by atoms with van der Waals surface area (Å²) in [6, 6.07) is 4.86. The van der Waals surface area contributed by atoms with Crippen molar-refractivity contribution in [3.63, 3.8) is 0 Å². The maximum Gasteiger partial charge on any atom is 0.124 e. The minimum atomic E-state index is -0.172. The standard InChI is InChI=1S/C12H16FIN2/c13-10-3-4-12(11(14)9-10)15-5-8-16-6-1-2-7-16/h3-4,9,15H,1-2,5-8H2. The Morgan fingerprint density at radius 1 is 1.31 bits per heavy atom. The Labute approximate surface area is 109 Å². The van der Waals surface area contributed by atoms with Gasteiger partial charge in [-0.3, -0.25) is 0 Å². The van der Waals surface area contributed by atoms with Crippen molar-refractivity contribution in [2.24, 2.45) is 0 Å². The Hall–Kier alpha value is -0.360. The number of nitrogens with one attached hydrogen (secondary N) is 1. The molecule has 0 spiro atoms. The van der Waals surface area contributed by atoms with Gasteiger partial charge in [-0.1, -0.05) is 0 Å². The summed E-state index contributed by atoms with van der Waals surface area (Å²) in [4.78, 5) is 2.46. The molecule has 4 heteroatoms. The third kappa shape index (κ3) is 3.31. The van der Waals surface area contributed by atoms with Gasteiger partial charge < -0.3 is 10.2 Å². The number of hydrogen-bond donors (Lipinski definition) is 1. The van der Waals surface area contributed by atoms with Crippen molar-refractivity contribution in [3.05, 3.63) is 27.6 Å². The van der Waals surface area contributed by atoms with E-state index >= 15 is 0 Å². The van der Waals surface area contributed by atoms with Crippen molar-refractivity contribution in [1.29, 1.82) is 0 Å². The Morgan fingerprint density at radius 3 is 2.75 bits per heavy atom. The number of rotatable bonds is 4. The lowest BCUT2D eigenvalue weighted by Gasteiger charge is -2.15. The molecule has 1 aromatic rings. The average molecular weight is 334 g/mol. The third-order valence-corrected chi connectivity index (χ3v) is 3.77. The van der Waals surface area contributed by atoms with Crippen LogP contribution < -0.4 is 5.32 Å². The molecule has 0 saturated carbocycles. The first-order valence-corrected chi connectivity index (χ1v) is 6.75. The van der Waals surface area contributed by atoms with Gasteiger partial charge in [-0.2, -0.15) is 0 Å². The van der Waals surface area contributed by atoms with E-state index in [1.807, 2.05) is 0 Å². The summed E-state index contributed by atoms with van der Waals surface area (Å²) in [5, 5.41) is 3.35. The monoisotopic (exact) mass is 334 g/mol. The fourth-order valence-electron chi connectivity index (χ4n) is 1.99. The first-order chi connectivity index (χ1) is 7.75. The van der Waals surface area contributed by atoms with Crippen LogP contribution in [0.5, 0.6) is 0 Å². The largest absolute Gasteiger partial charge is 0.383 e. The molecule has 2 rings (SSSR count). The van der Waals surface area contributed by atoms with Gasteiger partial charge in [-0.25, -0.2) is 4.39 Å². The van der Waals surface area contributed by atoms with E-state index in [9.17, 15) is 4.39 Å². The molecule has 0 unspecified atom stereocenters. The van der Waals surface area contributed by atoms with Crippen molar-refractivity contribution in [3.8, 4) is 0 Å². The predicted molar refractivity (Wildman–Crippen MR) is 73.3 cm³/mol. The van der Waals surface area contributed by atoms with Crippen LogP contribution in [0.2, 0.25) is 0 Å². The van der Waals surface area contributed by atoms with Crippen LogP contribution in [-0.4, -0.2) is 31.1 Å². The van der Waals surface area contributed by atoms with E-state index in [1.165, 1.54) is 32.0 Å². The van der Waals surface area contributed by atoms with Gasteiger partial charge in [0.25, 0.3) is 0 Å². The molecule has 2 nitrogen and oxygen atoms in total. The quantitative estimate of drug-likeness (QED) is 0.852. The molecule has 1 aliphatic heterocycles. The summed E-state index contributed by atoms with van der Waals surface area (Å²) in [6.07, 6.45) is 2.65. The minimum absolute atomic E-state index is 0.172. The van der Waals surface area contributed by atoms with E-state index in [-0.39, 0.29) is 5.82 Å². The van der Waals surface area contributed by atoms with Crippen molar-refractivity contribution < 1.29 is 4.39 Å². The van der Waals surface area contributed by atoms with Gasteiger partial charge in [-0.05, 0) is 66.7 Å². The molecule has 0 atom stereocenters. The topological polar surface area (TPSA) is 15.3 Å². The van der Waals surface area contributed by atoms with Gasteiger partial charge in [0.15, 0.2) is 0 Å². The van der Waals surface area contributed by atoms with Crippen molar-refractivity contribution >= 4 is 28.3 Å².